The van der Waals surface area contributed by atoms with Gasteiger partial charge in [0, 0.05) is 80.7 Å². The number of nitrogens with one attached hydrogen (secondary N) is 5. The zero-order valence-corrected chi connectivity index (χ0v) is 66.3. The number of hydrogen-bond donors (Lipinski definition) is 6. The molecule has 29 heteroatoms. The van der Waals surface area contributed by atoms with Crippen LogP contribution in [0, 0.1) is 17.8 Å². The molecular formula is C78H123F2N13O14. The highest BCUT2D eigenvalue weighted by Crippen LogP contribution is 2.28. The van der Waals surface area contributed by atoms with Gasteiger partial charge in [0.25, 0.3) is 5.92 Å². The van der Waals surface area contributed by atoms with E-state index in [4.69, 9.17) is 4.74 Å². The molecule has 2 aromatic rings. The minimum absolute atomic E-state index is 0.0259. The highest BCUT2D eigenvalue weighted by Gasteiger charge is 2.45. The van der Waals surface area contributed by atoms with Crippen molar-refractivity contribution in [2.24, 2.45) is 17.8 Å². The predicted molar refractivity (Wildman–Crippen MR) is 401 cm³/mol. The van der Waals surface area contributed by atoms with E-state index in [1.807, 2.05) is 20.8 Å². The number of aliphatic hydroxyl groups excluding tert-OH is 1. The van der Waals surface area contributed by atoms with E-state index in [-0.39, 0.29) is 76.4 Å². The minimum atomic E-state index is -3.06. The fourth-order valence-corrected chi connectivity index (χ4v) is 13.9. The molecule has 0 radical (unpaired) electrons. The molecule has 0 aliphatic carbocycles. The van der Waals surface area contributed by atoms with Crippen molar-refractivity contribution in [3.05, 3.63) is 71.8 Å². The summed E-state index contributed by atoms with van der Waals surface area (Å²) in [6, 6.07) is 2.88. The minimum Gasteiger partial charge on any atom is -0.391 e. The number of likely N-dealkylation sites (N-methyl/N-ethyl adjacent to an activating group) is 5. The van der Waals surface area contributed by atoms with E-state index in [0.717, 1.165) is 26.0 Å². The molecule has 27 nitrogen and oxygen atoms in total. The van der Waals surface area contributed by atoms with E-state index in [1.165, 1.54) is 63.8 Å². The number of aliphatic hydroxyl groups is 1. The fraction of sp³-hybridized carbons (Fsp3) is 0.692. The van der Waals surface area contributed by atoms with E-state index in [9.17, 15) is 24.3 Å². The van der Waals surface area contributed by atoms with Gasteiger partial charge in [-0.2, -0.15) is 0 Å². The first kappa shape index (κ1) is 89.4. The Bertz CT molecular complexity index is 3320. The summed E-state index contributed by atoms with van der Waals surface area (Å²) >= 11 is 0. The molecule has 3 heterocycles. The van der Waals surface area contributed by atoms with Crippen LogP contribution < -0.4 is 26.6 Å². The zero-order valence-electron chi connectivity index (χ0n) is 66.3. The van der Waals surface area contributed by atoms with Crippen molar-refractivity contribution in [1.29, 1.82) is 0 Å². The first-order chi connectivity index (χ1) is 50.2. The molecule has 598 valence electrons. The number of rotatable bonds is 19. The lowest BCUT2D eigenvalue weighted by Crippen LogP contribution is -2.62. The zero-order chi connectivity index (χ0) is 79.9. The monoisotopic (exact) mass is 1500 g/mol. The van der Waals surface area contributed by atoms with Crippen LogP contribution in [0.25, 0.3) is 0 Å². The summed E-state index contributed by atoms with van der Waals surface area (Å²) in [4.78, 5) is 191. The summed E-state index contributed by atoms with van der Waals surface area (Å²) in [6.45, 7) is 19.2. The maximum Gasteiger partial charge on any atom is 0.260 e. The average molecular weight is 1500 g/mol. The maximum absolute atomic E-state index is 15.6. The van der Waals surface area contributed by atoms with Crippen molar-refractivity contribution in [2.45, 2.75) is 245 Å². The molecule has 107 heavy (non-hydrogen) atoms. The van der Waals surface area contributed by atoms with Gasteiger partial charge in [-0.05, 0) is 121 Å². The molecule has 6 N–H and O–H groups in total. The molecular weight excluding hydrogens is 1380 g/mol. The molecule has 0 bridgehead atoms. The van der Waals surface area contributed by atoms with Crippen LogP contribution in [0.3, 0.4) is 0 Å². The predicted octanol–water partition coefficient (Wildman–Crippen LogP) is 4.16. The number of halogens is 2. The van der Waals surface area contributed by atoms with Gasteiger partial charge in [0.2, 0.25) is 70.9 Å². The van der Waals surface area contributed by atoms with Crippen molar-refractivity contribution in [1.82, 2.24) is 65.8 Å². The number of amides is 12. The molecule has 0 saturated carbocycles. The Hall–Kier alpha value is -8.18. The summed E-state index contributed by atoms with van der Waals surface area (Å²) in [7, 11) is 6.80. The van der Waals surface area contributed by atoms with E-state index >= 15 is 47.1 Å². The van der Waals surface area contributed by atoms with Gasteiger partial charge >= 0.3 is 0 Å². The normalized spacial score (nSPS) is 25.7. The number of unbranched alkanes of at least 4 members (excludes halogenated alkanes) is 1. The number of alkyl halides is 2. The number of likely N-dealkylation sites (tertiary alicyclic amines) is 2. The Balaban J connectivity index is 1.72. The first-order valence-electron chi connectivity index (χ1n) is 38.1. The lowest BCUT2D eigenvalue weighted by molar-refractivity contribution is -0.152. The Morgan fingerprint density at radius 1 is 0.589 bits per heavy atom. The van der Waals surface area contributed by atoms with E-state index in [2.05, 4.69) is 26.6 Å². The number of ether oxygens (including phenoxy) is 1. The smallest absolute Gasteiger partial charge is 0.260 e. The third kappa shape index (κ3) is 26.9. The molecule has 2 aromatic carbocycles. The summed E-state index contributed by atoms with van der Waals surface area (Å²) in [6.07, 6.45) is -0.0696. The second kappa shape index (κ2) is 41.4. The van der Waals surface area contributed by atoms with Gasteiger partial charge in [-0.1, -0.05) is 116 Å². The van der Waals surface area contributed by atoms with Crippen LogP contribution >= 0.6 is 0 Å². The van der Waals surface area contributed by atoms with Crippen LogP contribution in [0.1, 0.15) is 165 Å². The third-order valence-electron chi connectivity index (χ3n) is 20.1. The third-order valence-corrected chi connectivity index (χ3v) is 20.1. The van der Waals surface area contributed by atoms with Crippen molar-refractivity contribution in [3.8, 4) is 0 Å². The summed E-state index contributed by atoms with van der Waals surface area (Å²) in [5, 5.41) is 25.4. The van der Waals surface area contributed by atoms with E-state index < -0.39 is 181 Å². The quantitative estimate of drug-likeness (QED) is 0.115. The average Bonchev–Trinajstić information content (AvgIpc) is 0.815. The fourth-order valence-electron chi connectivity index (χ4n) is 13.9. The number of carbonyl (C=O) groups is 12. The molecule has 11 atom stereocenters. The van der Waals surface area contributed by atoms with Crippen LogP contribution in [0.15, 0.2) is 60.7 Å². The number of carbonyl (C=O) groups excluding carboxylic acids is 12. The van der Waals surface area contributed by atoms with Gasteiger partial charge in [0.1, 0.15) is 60.4 Å². The number of nitrogens with zero attached hydrogens (tertiary/aromatic N) is 8. The molecule has 3 aliphatic rings. The van der Waals surface area contributed by atoms with Gasteiger partial charge in [-0.3, -0.25) is 62.4 Å². The molecule has 3 fully saturated rings. The second-order valence-electron chi connectivity index (χ2n) is 31.5. The van der Waals surface area contributed by atoms with Crippen molar-refractivity contribution >= 4 is 70.9 Å². The largest absolute Gasteiger partial charge is 0.391 e. The number of hydrogen-bond acceptors (Lipinski definition) is 15. The van der Waals surface area contributed by atoms with Crippen LogP contribution in [0.5, 0.6) is 0 Å². The van der Waals surface area contributed by atoms with E-state index in [1.54, 1.807) is 114 Å². The van der Waals surface area contributed by atoms with Crippen LogP contribution in [-0.4, -0.2) is 281 Å². The molecule has 5 rings (SSSR count). The summed E-state index contributed by atoms with van der Waals surface area (Å²) in [5.74, 6) is -13.9. The summed E-state index contributed by atoms with van der Waals surface area (Å²) in [5.41, 5.74) is 0.325. The topological polar surface area (TPSA) is 320 Å². The lowest BCUT2D eigenvalue weighted by atomic mass is 9.97. The Kier molecular flexibility index (Phi) is 34.6. The Morgan fingerprint density at radius 2 is 1.12 bits per heavy atom. The highest BCUT2D eigenvalue weighted by atomic mass is 19.3. The van der Waals surface area contributed by atoms with Crippen LogP contribution in [-0.2, 0) is 75.1 Å². The van der Waals surface area contributed by atoms with Crippen molar-refractivity contribution in [2.75, 3.05) is 87.7 Å². The first-order valence-corrected chi connectivity index (χ1v) is 38.1. The molecule has 0 spiro atoms. The van der Waals surface area contributed by atoms with Gasteiger partial charge < -0.3 is 70.7 Å². The van der Waals surface area contributed by atoms with Crippen molar-refractivity contribution < 1.29 is 76.2 Å². The van der Waals surface area contributed by atoms with E-state index in [0.29, 0.717) is 49.9 Å². The van der Waals surface area contributed by atoms with Crippen molar-refractivity contribution in [3.63, 3.8) is 0 Å². The molecule has 3 aliphatic heterocycles. The molecule has 0 aromatic heterocycles. The number of piperidine rings is 2. The van der Waals surface area contributed by atoms with Gasteiger partial charge in [-0.25, -0.2) is 8.78 Å². The summed E-state index contributed by atoms with van der Waals surface area (Å²) < 4.78 is 36.3. The number of benzene rings is 2. The second-order valence-corrected chi connectivity index (χ2v) is 31.5. The molecule has 3 saturated heterocycles. The van der Waals surface area contributed by atoms with Gasteiger partial charge in [0.05, 0.1) is 37.8 Å². The lowest BCUT2D eigenvalue weighted by Gasteiger charge is -2.38. The van der Waals surface area contributed by atoms with Crippen LogP contribution in [0.4, 0.5) is 8.78 Å². The van der Waals surface area contributed by atoms with Gasteiger partial charge in [0.15, 0.2) is 0 Å². The van der Waals surface area contributed by atoms with Gasteiger partial charge in [-0.15, -0.1) is 0 Å². The van der Waals surface area contributed by atoms with Crippen LogP contribution in [0.2, 0.25) is 0 Å². The molecule has 12 amide bonds. The highest BCUT2D eigenvalue weighted by molar-refractivity contribution is 6.00. The SMILES string of the molecule is CCCCN1CC(=O)N(C)[C@@H](CC(C)C)C(=O)N[C@@H](COC(C)(C)C)C(=O)N(C)[C@@H](Cc2ccccc2)C(=O)N(C)[C@@H](C(C)C)C(=O)N[C@H](C(=O)N2CCCCC2)CC(=O)N[C@H](C)C(=O)N(C)[C@@H](Cc2ccccc2)C(=O)N[C@@H](CC(C)C)C(=O)N(C)[C@@H](CCN2CCCC(F)(F)C2)C(=O)N[C@@H]([C@@H](C)O)C1=O. The Labute approximate surface area is 632 Å². The standard InChI is InChI=1S/C78H123F2N13O14/c1-18-19-37-93-46-64(96)86(13)60(42-50(4)5)68(98)84-58(47-107-77(10,11)12)73(103)89(16)62(44-55-32-25-21-26-33-55)75(105)90(17)66(51(6)7)70(100)83-57(74(104)92-38-27-22-28-39-92)45-63(95)81-52(8)71(101)88(15)61(43-54-30-23-20-24-31-54)69(99)82-56(41-49(2)3)72(102)87(14)59(67(97)85-65(53(9)94)76(93)106)34-40-91-36-29-35-78(79,80)48-91/h20-21,23-26,30-33,49-53,56-62,65-66,94H,18-19,22,27-29,34-48H2,1-17H3,(H,81,95)(H,82,99)(H,83,100)(H,84,98)(H,85,97)/t52-,53-,56+,57+,58+,59+,60+,61+,62+,65+,66+/m1/s1. The maximum atomic E-state index is 15.6. The molecule has 0 unspecified atom stereocenters. The Morgan fingerprint density at radius 3 is 1.66 bits per heavy atom.